The third kappa shape index (κ3) is 1.98. The fourth-order valence-corrected chi connectivity index (χ4v) is 3.49. The minimum absolute atomic E-state index is 0.0464. The highest BCUT2D eigenvalue weighted by Gasteiger charge is 2.28. The minimum Gasteiger partial charge on any atom is -0.379 e. The second kappa shape index (κ2) is 3.83. The molecule has 82 valence electrons. The lowest BCUT2D eigenvalue weighted by molar-refractivity contribution is 0.580. The molecule has 1 aromatic carbocycles. The molecule has 1 aliphatic heterocycles. The lowest BCUT2D eigenvalue weighted by Gasteiger charge is -2.26. The van der Waals surface area contributed by atoms with Gasteiger partial charge in [-0.05, 0) is 19.2 Å². The topological polar surface area (TPSA) is 58.2 Å². The third-order valence-electron chi connectivity index (χ3n) is 2.45. The van der Waals surface area contributed by atoms with Gasteiger partial charge in [-0.1, -0.05) is 12.1 Å². The van der Waals surface area contributed by atoms with Crippen molar-refractivity contribution in [3.63, 3.8) is 0 Å². The Bertz CT molecular complexity index is 456. The maximum absolute atomic E-state index is 11.9. The van der Waals surface area contributed by atoms with E-state index >= 15 is 0 Å². The van der Waals surface area contributed by atoms with Gasteiger partial charge in [0, 0.05) is 6.54 Å². The van der Waals surface area contributed by atoms with Crippen LogP contribution >= 0.6 is 0 Å². The Morgan fingerprint density at radius 2 is 2.20 bits per heavy atom. The standard InChI is InChI=1S/C10H14N2O2S/c1-11-6-8-7-15(13,14)10-5-3-2-4-9(10)12-8/h2-5,8,11-12H,6-7H2,1H3. The Morgan fingerprint density at radius 1 is 1.47 bits per heavy atom. The summed E-state index contributed by atoms with van der Waals surface area (Å²) in [6, 6.07) is 6.98. The van der Waals surface area contributed by atoms with E-state index in [0.717, 1.165) is 0 Å². The van der Waals surface area contributed by atoms with Crippen LogP contribution in [0.2, 0.25) is 0 Å². The third-order valence-corrected chi connectivity index (χ3v) is 4.32. The molecule has 0 saturated heterocycles. The van der Waals surface area contributed by atoms with Gasteiger partial charge in [0.15, 0.2) is 9.84 Å². The maximum Gasteiger partial charge on any atom is 0.182 e. The summed E-state index contributed by atoms with van der Waals surface area (Å²) >= 11 is 0. The SMILES string of the molecule is CNCC1CS(=O)(=O)c2ccccc2N1. The van der Waals surface area contributed by atoms with Crippen molar-refractivity contribution in [2.75, 3.05) is 24.7 Å². The zero-order valence-corrected chi connectivity index (χ0v) is 9.34. The number of hydrogen-bond donors (Lipinski definition) is 2. The van der Waals surface area contributed by atoms with Gasteiger partial charge in [0.05, 0.1) is 22.4 Å². The van der Waals surface area contributed by atoms with E-state index < -0.39 is 9.84 Å². The number of likely N-dealkylation sites (N-methyl/N-ethyl adjacent to an activating group) is 1. The summed E-state index contributed by atoms with van der Waals surface area (Å²) in [6.07, 6.45) is 0. The van der Waals surface area contributed by atoms with Gasteiger partial charge in [-0.3, -0.25) is 0 Å². The van der Waals surface area contributed by atoms with Crippen LogP contribution in [0, 0.1) is 0 Å². The van der Waals surface area contributed by atoms with Gasteiger partial charge in [0.2, 0.25) is 0 Å². The van der Waals surface area contributed by atoms with Gasteiger partial charge in [-0.15, -0.1) is 0 Å². The van der Waals surface area contributed by atoms with E-state index in [1.807, 2.05) is 13.1 Å². The van der Waals surface area contributed by atoms with Crippen molar-refractivity contribution in [1.82, 2.24) is 5.32 Å². The Hall–Kier alpha value is -1.07. The molecule has 1 unspecified atom stereocenters. The van der Waals surface area contributed by atoms with Crippen LogP contribution in [0.15, 0.2) is 29.2 Å². The summed E-state index contributed by atoms with van der Waals surface area (Å²) in [4.78, 5) is 0.414. The van der Waals surface area contributed by atoms with Crippen molar-refractivity contribution in [3.05, 3.63) is 24.3 Å². The summed E-state index contributed by atoms with van der Waals surface area (Å²) in [5.41, 5.74) is 0.712. The van der Waals surface area contributed by atoms with E-state index in [0.29, 0.717) is 17.1 Å². The van der Waals surface area contributed by atoms with Crippen LogP contribution in [0.1, 0.15) is 0 Å². The summed E-state index contributed by atoms with van der Waals surface area (Å²) in [5.74, 6) is 0.158. The molecule has 0 radical (unpaired) electrons. The molecule has 0 aliphatic carbocycles. The summed E-state index contributed by atoms with van der Waals surface area (Å²) < 4.78 is 23.8. The van der Waals surface area contributed by atoms with Crippen molar-refractivity contribution in [2.24, 2.45) is 0 Å². The highest BCUT2D eigenvalue weighted by Crippen LogP contribution is 2.27. The van der Waals surface area contributed by atoms with Gasteiger partial charge in [0.1, 0.15) is 0 Å². The predicted octanol–water partition coefficient (Wildman–Crippen LogP) is 0.474. The molecular formula is C10H14N2O2S. The average Bonchev–Trinajstić information content (AvgIpc) is 2.17. The molecule has 0 spiro atoms. The van der Waals surface area contributed by atoms with Crippen LogP contribution < -0.4 is 10.6 Å². The van der Waals surface area contributed by atoms with E-state index in [4.69, 9.17) is 0 Å². The number of hydrogen-bond acceptors (Lipinski definition) is 4. The molecule has 0 fully saturated rings. The highest BCUT2D eigenvalue weighted by molar-refractivity contribution is 7.91. The van der Waals surface area contributed by atoms with Gasteiger partial charge in [-0.25, -0.2) is 8.42 Å². The smallest absolute Gasteiger partial charge is 0.182 e. The molecule has 0 aromatic heterocycles. The summed E-state index contributed by atoms with van der Waals surface area (Å²) in [7, 11) is -1.30. The van der Waals surface area contributed by atoms with E-state index in [9.17, 15) is 8.42 Å². The number of fused-ring (bicyclic) bond motifs is 1. The second-order valence-electron chi connectivity index (χ2n) is 3.68. The first-order valence-electron chi connectivity index (χ1n) is 4.86. The van der Waals surface area contributed by atoms with Crippen molar-refractivity contribution in [1.29, 1.82) is 0 Å². The molecule has 15 heavy (non-hydrogen) atoms. The largest absolute Gasteiger partial charge is 0.379 e. The van der Waals surface area contributed by atoms with Gasteiger partial charge in [0.25, 0.3) is 0 Å². The van der Waals surface area contributed by atoms with Gasteiger partial charge >= 0.3 is 0 Å². The quantitative estimate of drug-likeness (QED) is 0.770. The summed E-state index contributed by atoms with van der Waals surface area (Å²) in [5, 5.41) is 6.19. The minimum atomic E-state index is -3.12. The predicted molar refractivity (Wildman–Crippen MR) is 59.8 cm³/mol. The van der Waals surface area contributed by atoms with Crippen LogP contribution in [0.25, 0.3) is 0 Å². The van der Waals surface area contributed by atoms with Crippen LogP contribution in [0.3, 0.4) is 0 Å². The van der Waals surface area contributed by atoms with Crippen molar-refractivity contribution in [3.8, 4) is 0 Å². The molecule has 0 bridgehead atoms. The van der Waals surface area contributed by atoms with Crippen LogP contribution in [-0.4, -0.2) is 33.8 Å². The van der Waals surface area contributed by atoms with Crippen LogP contribution in [0.5, 0.6) is 0 Å². The first kappa shape index (κ1) is 10.4. The molecule has 5 heteroatoms. The maximum atomic E-state index is 11.9. The first-order valence-corrected chi connectivity index (χ1v) is 6.51. The molecule has 1 aliphatic rings. The number of benzene rings is 1. The first-order chi connectivity index (χ1) is 7.13. The number of para-hydroxylation sites is 1. The van der Waals surface area contributed by atoms with Crippen LogP contribution in [0.4, 0.5) is 5.69 Å². The lowest BCUT2D eigenvalue weighted by Crippen LogP contribution is -2.40. The Kier molecular flexibility index (Phi) is 2.67. The van der Waals surface area contributed by atoms with E-state index in [1.54, 1.807) is 18.2 Å². The lowest BCUT2D eigenvalue weighted by atomic mass is 10.2. The Balaban J connectivity index is 2.40. The molecule has 2 N–H and O–H groups in total. The molecule has 2 rings (SSSR count). The Labute approximate surface area is 89.6 Å². The molecule has 1 atom stereocenters. The number of sulfone groups is 1. The van der Waals surface area contributed by atoms with Crippen molar-refractivity contribution < 1.29 is 8.42 Å². The molecule has 0 amide bonds. The zero-order valence-electron chi connectivity index (χ0n) is 8.53. The zero-order chi connectivity index (χ0) is 10.9. The van der Waals surface area contributed by atoms with Crippen molar-refractivity contribution >= 4 is 15.5 Å². The average molecular weight is 226 g/mol. The molecule has 0 saturated carbocycles. The molecular weight excluding hydrogens is 212 g/mol. The normalized spacial score (nSPS) is 22.9. The number of rotatable bonds is 2. The van der Waals surface area contributed by atoms with Crippen LogP contribution in [-0.2, 0) is 9.84 Å². The van der Waals surface area contributed by atoms with E-state index in [2.05, 4.69) is 10.6 Å². The molecule has 1 aromatic rings. The van der Waals surface area contributed by atoms with E-state index in [1.165, 1.54) is 0 Å². The van der Waals surface area contributed by atoms with Gasteiger partial charge in [-0.2, -0.15) is 0 Å². The monoisotopic (exact) mass is 226 g/mol. The summed E-state index contributed by atoms with van der Waals surface area (Å²) in [6.45, 7) is 0.646. The molecule has 4 nitrogen and oxygen atoms in total. The fourth-order valence-electron chi connectivity index (χ4n) is 1.83. The molecule has 1 heterocycles. The second-order valence-corrected chi connectivity index (χ2v) is 5.68. The van der Waals surface area contributed by atoms with Crippen molar-refractivity contribution in [2.45, 2.75) is 10.9 Å². The fraction of sp³-hybridized carbons (Fsp3) is 0.400. The number of nitrogens with one attached hydrogen (secondary N) is 2. The van der Waals surface area contributed by atoms with E-state index in [-0.39, 0.29) is 11.8 Å². The van der Waals surface area contributed by atoms with Gasteiger partial charge < -0.3 is 10.6 Å². The number of anilines is 1. The Morgan fingerprint density at radius 3 is 2.93 bits per heavy atom. The highest BCUT2D eigenvalue weighted by atomic mass is 32.2.